The Morgan fingerprint density at radius 1 is 1.75 bits per heavy atom. The van der Waals surface area contributed by atoms with Crippen LogP contribution < -0.4 is 0 Å². The van der Waals surface area contributed by atoms with E-state index in [4.69, 9.17) is 11.6 Å². The van der Waals surface area contributed by atoms with E-state index in [1.54, 1.807) is 0 Å². The fourth-order valence-electron chi connectivity index (χ4n) is 0.310. The summed E-state index contributed by atoms with van der Waals surface area (Å²) in [6.07, 6.45) is 2.03. The summed E-state index contributed by atoms with van der Waals surface area (Å²) in [5.74, 6) is 0.715. The molecule has 2 heteroatoms. The maximum atomic E-state index is 5.41. The van der Waals surface area contributed by atoms with Crippen molar-refractivity contribution < 1.29 is 2.85 Å². The molecule has 0 aromatic heterocycles. The molecule has 0 aliphatic heterocycles. The van der Waals surface area contributed by atoms with Crippen LogP contribution in [0.1, 0.15) is 22.6 Å². The van der Waals surface area contributed by atoms with Gasteiger partial charge in [0.2, 0.25) is 0 Å². The van der Waals surface area contributed by atoms with Gasteiger partial charge in [0.25, 0.3) is 0 Å². The molecule has 0 aliphatic carbocycles. The molecule has 0 nitrogen and oxygen atoms in total. The normalized spacial score (nSPS) is 7.75. The Morgan fingerprint density at radius 3 is 2.38 bits per heavy atom. The van der Waals surface area contributed by atoms with E-state index >= 15 is 0 Å². The van der Waals surface area contributed by atoms with Crippen LogP contribution in [0.2, 0.25) is 0 Å². The van der Waals surface area contributed by atoms with E-state index in [-0.39, 0.29) is 25.9 Å². The Kier molecular flexibility index (Phi) is 11.3. The molecule has 46 valence electrons. The molecule has 0 unspecified atom stereocenters. The van der Waals surface area contributed by atoms with E-state index < -0.39 is 0 Å². The van der Waals surface area contributed by atoms with Crippen molar-refractivity contribution in [1.82, 2.24) is 0 Å². The second kappa shape index (κ2) is 7.80. The van der Waals surface area contributed by atoms with Gasteiger partial charge in [-0.05, 0) is 12.8 Å². The predicted molar refractivity (Wildman–Crippen MR) is 42.7 cm³/mol. The minimum absolute atomic E-state index is 0. The van der Waals surface area contributed by atoms with Gasteiger partial charge in [-0.15, -0.1) is 11.6 Å². The van der Waals surface area contributed by atoms with E-state index in [1.165, 1.54) is 5.57 Å². The Hall–Kier alpha value is 0.796. The summed E-state index contributed by atoms with van der Waals surface area (Å²) in [7, 11) is 0. The van der Waals surface area contributed by atoms with Crippen molar-refractivity contribution in [2.45, 2.75) is 19.8 Å². The Balaban J connectivity index is -0.0000000600. The monoisotopic (exact) mass is 144 g/mol. The largest absolute Gasteiger partial charge is 2.00 e. The molecule has 0 spiro atoms. The molecule has 0 amide bonds. The number of hydrogen-bond donors (Lipinski definition) is 0. The van der Waals surface area contributed by atoms with Gasteiger partial charge < -0.3 is 2.85 Å². The topological polar surface area (TPSA) is 0 Å². The van der Waals surface area contributed by atoms with Crippen molar-refractivity contribution in [2.24, 2.45) is 0 Å². The molecule has 0 aromatic carbocycles. The number of hydrogen-bond acceptors (Lipinski definition) is 0. The summed E-state index contributed by atoms with van der Waals surface area (Å²) in [6.45, 7) is 5.87. The fourth-order valence-corrected chi connectivity index (χ4v) is 0.578. The SMILES string of the molecule is C=C(CC)CCCl.[H-].[H-].[Mg+2]. The molecule has 0 atom stereocenters. The van der Waals surface area contributed by atoms with E-state index in [9.17, 15) is 0 Å². The summed E-state index contributed by atoms with van der Waals surface area (Å²) < 4.78 is 0. The summed E-state index contributed by atoms with van der Waals surface area (Å²) in [6, 6.07) is 0. The van der Waals surface area contributed by atoms with Crippen LogP contribution in [0, 0.1) is 0 Å². The van der Waals surface area contributed by atoms with Crippen LogP contribution in [0.5, 0.6) is 0 Å². The van der Waals surface area contributed by atoms with Crippen molar-refractivity contribution >= 4 is 34.7 Å². The summed E-state index contributed by atoms with van der Waals surface area (Å²) in [4.78, 5) is 0. The van der Waals surface area contributed by atoms with Crippen LogP contribution in [0.15, 0.2) is 12.2 Å². The van der Waals surface area contributed by atoms with Crippen LogP contribution >= 0.6 is 11.6 Å². The van der Waals surface area contributed by atoms with Gasteiger partial charge in [-0.3, -0.25) is 0 Å². The van der Waals surface area contributed by atoms with Gasteiger partial charge in [0.1, 0.15) is 0 Å². The second-order valence-electron chi connectivity index (χ2n) is 1.54. The third-order valence-corrected chi connectivity index (χ3v) is 1.14. The van der Waals surface area contributed by atoms with Gasteiger partial charge in [-0.25, -0.2) is 0 Å². The quantitative estimate of drug-likeness (QED) is 0.325. The van der Waals surface area contributed by atoms with Crippen molar-refractivity contribution in [1.29, 1.82) is 0 Å². The Morgan fingerprint density at radius 2 is 2.25 bits per heavy atom. The van der Waals surface area contributed by atoms with Crippen molar-refractivity contribution in [2.75, 3.05) is 5.88 Å². The molecule has 0 saturated carbocycles. The number of rotatable bonds is 3. The summed E-state index contributed by atoms with van der Waals surface area (Å²) in [5.41, 5.74) is 1.25. The third-order valence-electron chi connectivity index (χ3n) is 0.948. The van der Waals surface area contributed by atoms with E-state index in [2.05, 4.69) is 13.5 Å². The molecule has 0 aliphatic rings. The van der Waals surface area contributed by atoms with Gasteiger partial charge >= 0.3 is 23.1 Å². The molecule has 0 fully saturated rings. The van der Waals surface area contributed by atoms with Gasteiger partial charge in [0.15, 0.2) is 0 Å². The maximum Gasteiger partial charge on any atom is 2.00 e. The third kappa shape index (κ3) is 6.80. The van der Waals surface area contributed by atoms with Gasteiger partial charge in [-0.2, -0.15) is 0 Å². The molecule has 0 N–H and O–H groups in total. The molecule has 8 heavy (non-hydrogen) atoms. The average Bonchev–Trinajstić information content (AvgIpc) is 1.68. The Labute approximate surface area is 75.4 Å². The number of allylic oxidation sites excluding steroid dienone is 1. The van der Waals surface area contributed by atoms with E-state index in [0.29, 0.717) is 5.88 Å². The van der Waals surface area contributed by atoms with Crippen LogP contribution in [0.3, 0.4) is 0 Å². The van der Waals surface area contributed by atoms with Gasteiger partial charge in [0, 0.05) is 5.88 Å². The smallest absolute Gasteiger partial charge is 1.00 e. The maximum absolute atomic E-state index is 5.41. The van der Waals surface area contributed by atoms with E-state index in [1.807, 2.05) is 0 Å². The average molecular weight is 145 g/mol. The molecular weight excluding hydrogens is 132 g/mol. The molecule has 0 saturated heterocycles. The number of halogens is 1. The standard InChI is InChI=1S/C6H11Cl.Mg.2H/c1-3-6(2)4-5-7;;;/h2-5H2,1H3;;;/q;+2;2*-1. The first-order chi connectivity index (χ1) is 3.31. The zero-order valence-corrected chi connectivity index (χ0v) is 7.58. The van der Waals surface area contributed by atoms with Crippen LogP contribution in [-0.4, -0.2) is 28.9 Å². The zero-order valence-electron chi connectivity index (χ0n) is 7.41. The summed E-state index contributed by atoms with van der Waals surface area (Å²) in [5, 5.41) is 0. The van der Waals surface area contributed by atoms with Crippen LogP contribution in [0.4, 0.5) is 0 Å². The molecule has 0 aromatic rings. The minimum Gasteiger partial charge on any atom is -1.00 e. The van der Waals surface area contributed by atoms with Crippen molar-refractivity contribution in [3.05, 3.63) is 12.2 Å². The molecular formula is C6H13ClMg. The molecule has 0 rings (SSSR count). The fraction of sp³-hybridized carbons (Fsp3) is 0.667. The molecule has 0 heterocycles. The predicted octanol–water partition coefficient (Wildman–Crippen LogP) is 2.43. The number of alkyl halides is 1. The van der Waals surface area contributed by atoms with Crippen molar-refractivity contribution in [3.63, 3.8) is 0 Å². The van der Waals surface area contributed by atoms with E-state index in [0.717, 1.165) is 12.8 Å². The Bertz CT molecular complexity index is 68.8. The minimum atomic E-state index is 0. The van der Waals surface area contributed by atoms with Crippen LogP contribution in [0.25, 0.3) is 0 Å². The van der Waals surface area contributed by atoms with Gasteiger partial charge in [0.05, 0.1) is 0 Å². The first-order valence-electron chi connectivity index (χ1n) is 2.54. The first kappa shape index (κ1) is 11.6. The molecule has 0 radical (unpaired) electrons. The molecule has 0 bridgehead atoms. The zero-order chi connectivity index (χ0) is 5.70. The van der Waals surface area contributed by atoms with Crippen LogP contribution in [-0.2, 0) is 0 Å². The first-order valence-corrected chi connectivity index (χ1v) is 3.07. The van der Waals surface area contributed by atoms with Gasteiger partial charge in [-0.1, -0.05) is 19.1 Å². The second-order valence-corrected chi connectivity index (χ2v) is 1.92. The summed E-state index contributed by atoms with van der Waals surface area (Å²) >= 11 is 5.41. The van der Waals surface area contributed by atoms with Crippen molar-refractivity contribution in [3.8, 4) is 0 Å².